The number of amides is 1. The smallest absolute Gasteiger partial charge is 0.355 e. The van der Waals surface area contributed by atoms with Crippen LogP contribution >= 0.6 is 15.9 Å². The molecule has 11 nitrogen and oxygen atoms in total. The first-order chi connectivity index (χ1) is 12.0. The van der Waals surface area contributed by atoms with E-state index < -0.39 is 40.9 Å². The van der Waals surface area contributed by atoms with Gasteiger partial charge in [0.1, 0.15) is 0 Å². The van der Waals surface area contributed by atoms with E-state index in [2.05, 4.69) is 22.9 Å². The molecule has 0 aromatic carbocycles. The van der Waals surface area contributed by atoms with Crippen LogP contribution in [0, 0.1) is 0 Å². The van der Waals surface area contributed by atoms with Crippen molar-refractivity contribution in [2.24, 2.45) is 0 Å². The highest BCUT2D eigenvalue weighted by molar-refractivity contribution is 7.59. The van der Waals surface area contributed by atoms with Crippen LogP contribution in [0.1, 0.15) is 26.2 Å². The minimum absolute atomic E-state index is 0.392. The van der Waals surface area contributed by atoms with E-state index in [1.54, 1.807) is 0 Å². The molecule has 0 bridgehead atoms. The quantitative estimate of drug-likeness (QED) is 0.102. The molecule has 13 heteroatoms. The van der Waals surface area contributed by atoms with Gasteiger partial charge in [-0.1, -0.05) is 6.92 Å². The molecule has 0 saturated heterocycles. The summed E-state index contributed by atoms with van der Waals surface area (Å²) in [5.41, 5.74) is 0. The Kier molecular flexibility index (Phi) is 14.0. The molecule has 0 aromatic rings. The van der Waals surface area contributed by atoms with Gasteiger partial charge in [0.05, 0.1) is 6.54 Å². The highest BCUT2D eigenvalue weighted by Crippen LogP contribution is 2.49. The van der Waals surface area contributed by atoms with Crippen molar-refractivity contribution in [2.45, 2.75) is 26.2 Å². The molecular weight excluding hydrogens is 386 g/mol. The van der Waals surface area contributed by atoms with Gasteiger partial charge in [-0.2, -0.15) is 29.4 Å². The second kappa shape index (κ2) is 14.0. The Morgan fingerprint density at radius 1 is 0.808 bits per heavy atom. The molecule has 0 fully saturated rings. The molecule has 0 saturated carbocycles. The first-order valence-electron chi connectivity index (χ1n) is 8.56. The summed E-state index contributed by atoms with van der Waals surface area (Å²) in [5.74, 6) is -0.490. The summed E-state index contributed by atoms with van der Waals surface area (Å²) >= 11 is 0. The third kappa shape index (κ3) is 18.8. The van der Waals surface area contributed by atoms with Gasteiger partial charge in [-0.3, -0.25) is 4.79 Å². The molecule has 0 radical (unpaired) electrons. The van der Waals surface area contributed by atoms with Crippen molar-refractivity contribution in [3.8, 4) is 0 Å². The number of nitrogens with one attached hydrogen (secondary N) is 3. The zero-order chi connectivity index (χ0) is 20.1. The second-order valence-corrected chi connectivity index (χ2v) is 9.39. The SMILES string of the molecule is CCCNCCCNCCCNC(=O)CN(C[P+](O)(O)O)C[P+](O)(O)O. The average molecular weight is 420 g/mol. The Bertz CT molecular complexity index is 364. The summed E-state index contributed by atoms with van der Waals surface area (Å²) in [6, 6.07) is 0. The Morgan fingerprint density at radius 3 is 1.73 bits per heavy atom. The number of carbonyl (C=O) groups is 1. The molecule has 0 rings (SSSR count). The summed E-state index contributed by atoms with van der Waals surface area (Å²) in [7, 11) is -8.51. The van der Waals surface area contributed by atoms with Crippen molar-refractivity contribution in [1.82, 2.24) is 20.9 Å². The van der Waals surface area contributed by atoms with Crippen molar-refractivity contribution >= 4 is 21.8 Å². The van der Waals surface area contributed by atoms with E-state index in [4.69, 9.17) is 29.4 Å². The standard InChI is InChI=1S/C13H33N4O7P2/c1-2-5-14-6-3-7-15-8-4-9-16-13(18)10-17(11-25(19,20)21)12-26(22,23)24/h14-15,19-24H,2-12H2,1H3/q+1/p+1. The lowest BCUT2D eigenvalue weighted by molar-refractivity contribution is -0.121. The van der Waals surface area contributed by atoms with E-state index in [0.717, 1.165) is 43.9 Å². The van der Waals surface area contributed by atoms with Gasteiger partial charge < -0.3 is 16.0 Å². The topological polar surface area (TPSA) is 178 Å². The molecule has 0 atom stereocenters. The highest BCUT2D eigenvalue weighted by atomic mass is 31.2. The summed E-state index contributed by atoms with van der Waals surface area (Å²) in [5, 5.41) is 9.15. The first kappa shape index (κ1) is 26.0. The molecule has 0 aliphatic rings. The van der Waals surface area contributed by atoms with Crippen LogP contribution < -0.4 is 16.0 Å². The van der Waals surface area contributed by atoms with E-state index in [-0.39, 0.29) is 0 Å². The first-order valence-corrected chi connectivity index (χ1v) is 12.2. The lowest BCUT2D eigenvalue weighted by Crippen LogP contribution is -2.40. The number of carbonyl (C=O) groups excluding carboxylic acids is 1. The van der Waals surface area contributed by atoms with Crippen molar-refractivity contribution < 1.29 is 34.2 Å². The lowest BCUT2D eigenvalue weighted by Gasteiger charge is -2.20. The molecule has 26 heavy (non-hydrogen) atoms. The maximum absolute atomic E-state index is 11.8. The van der Waals surface area contributed by atoms with Crippen LogP contribution in [0.3, 0.4) is 0 Å². The highest BCUT2D eigenvalue weighted by Gasteiger charge is 2.41. The fourth-order valence-corrected chi connectivity index (χ4v) is 3.78. The summed E-state index contributed by atoms with van der Waals surface area (Å²) in [6.07, 6.45) is 1.35. The van der Waals surface area contributed by atoms with Gasteiger partial charge in [-0.15, -0.1) is 0 Å². The van der Waals surface area contributed by atoms with Gasteiger partial charge in [-0.25, -0.2) is 4.90 Å². The van der Waals surface area contributed by atoms with Crippen LogP contribution in [-0.2, 0) is 4.79 Å². The predicted molar refractivity (Wildman–Crippen MR) is 102 cm³/mol. The Balaban J connectivity index is 3.88. The number of nitrogens with zero attached hydrogens (tertiary/aromatic N) is 1. The Morgan fingerprint density at radius 2 is 1.27 bits per heavy atom. The molecule has 0 heterocycles. The number of hydrogen-bond acceptors (Lipinski definition) is 10. The van der Waals surface area contributed by atoms with E-state index in [9.17, 15) is 4.79 Å². The van der Waals surface area contributed by atoms with Crippen LogP contribution in [0.2, 0.25) is 0 Å². The fourth-order valence-electron chi connectivity index (χ4n) is 2.15. The monoisotopic (exact) mass is 420 g/mol. The fraction of sp³-hybridized carbons (Fsp3) is 0.923. The molecule has 0 aromatic heterocycles. The van der Waals surface area contributed by atoms with Gasteiger partial charge in [-0.05, 0) is 45.4 Å². The minimum atomic E-state index is -4.25. The molecule has 0 unspecified atom stereocenters. The zero-order valence-electron chi connectivity index (χ0n) is 15.2. The molecular formula is C13H34N4O7P2+2. The Labute approximate surface area is 155 Å². The lowest BCUT2D eigenvalue weighted by atomic mass is 10.3. The van der Waals surface area contributed by atoms with E-state index in [0.29, 0.717) is 13.0 Å². The summed E-state index contributed by atoms with van der Waals surface area (Å²) < 4.78 is 0. The van der Waals surface area contributed by atoms with Gasteiger partial charge in [0.25, 0.3) is 0 Å². The molecule has 0 aliphatic carbocycles. The van der Waals surface area contributed by atoms with Crippen LogP contribution in [0.4, 0.5) is 0 Å². The third-order valence-electron chi connectivity index (χ3n) is 3.13. The second-order valence-electron chi connectivity index (χ2n) is 6.05. The molecule has 0 spiro atoms. The molecule has 156 valence electrons. The van der Waals surface area contributed by atoms with Gasteiger partial charge >= 0.3 is 15.9 Å². The van der Waals surface area contributed by atoms with Crippen molar-refractivity contribution in [3.05, 3.63) is 0 Å². The molecule has 9 N–H and O–H groups in total. The summed E-state index contributed by atoms with van der Waals surface area (Å²) in [6.45, 7) is 5.68. The molecule has 1 amide bonds. The van der Waals surface area contributed by atoms with E-state index >= 15 is 0 Å². The largest absolute Gasteiger partial charge is 0.419 e. The van der Waals surface area contributed by atoms with Crippen molar-refractivity contribution in [2.75, 3.05) is 51.8 Å². The number of rotatable bonds is 16. The van der Waals surface area contributed by atoms with Gasteiger partial charge in [0.15, 0.2) is 12.6 Å². The van der Waals surface area contributed by atoms with Crippen LogP contribution in [0.25, 0.3) is 0 Å². The maximum atomic E-state index is 11.8. The zero-order valence-corrected chi connectivity index (χ0v) is 17.0. The predicted octanol–water partition coefficient (Wildman–Crippen LogP) is -1.83. The third-order valence-corrected chi connectivity index (χ3v) is 4.69. The maximum Gasteiger partial charge on any atom is 0.419 e. The van der Waals surface area contributed by atoms with Crippen molar-refractivity contribution in [3.63, 3.8) is 0 Å². The van der Waals surface area contributed by atoms with Crippen molar-refractivity contribution in [1.29, 1.82) is 0 Å². The normalized spacial score (nSPS) is 12.6. The minimum Gasteiger partial charge on any atom is -0.355 e. The average Bonchev–Trinajstić information content (AvgIpc) is 2.45. The van der Waals surface area contributed by atoms with Crippen LogP contribution in [0.15, 0.2) is 0 Å². The van der Waals surface area contributed by atoms with Gasteiger partial charge in [0.2, 0.25) is 5.91 Å². The summed E-state index contributed by atoms with van der Waals surface area (Å²) in [4.78, 5) is 67.1. The van der Waals surface area contributed by atoms with Crippen LogP contribution in [-0.4, -0.2) is 92.0 Å². The molecule has 0 aliphatic heterocycles. The Hall–Kier alpha value is -0.0300. The van der Waals surface area contributed by atoms with Gasteiger partial charge in [0, 0.05) is 6.54 Å². The van der Waals surface area contributed by atoms with E-state index in [1.165, 1.54) is 0 Å². The van der Waals surface area contributed by atoms with Crippen LogP contribution in [0.5, 0.6) is 0 Å². The van der Waals surface area contributed by atoms with E-state index in [1.807, 2.05) is 0 Å². The number of hydrogen-bond donors (Lipinski definition) is 9.